The molecule has 0 spiro atoms. The molecule has 0 saturated carbocycles. The van der Waals surface area contributed by atoms with Crippen LogP contribution in [-0.2, 0) is 9.47 Å². The van der Waals surface area contributed by atoms with Crippen molar-refractivity contribution >= 4 is 18.2 Å². The highest BCUT2D eigenvalue weighted by molar-refractivity contribution is 5.97. The second-order valence-electron chi connectivity index (χ2n) is 3.82. The molecule has 0 aliphatic heterocycles. The lowest BCUT2D eigenvalue weighted by Crippen LogP contribution is -2.10. The molecule has 0 aromatic heterocycles. The van der Waals surface area contributed by atoms with Gasteiger partial charge in [-0.3, -0.25) is 4.79 Å². The van der Waals surface area contributed by atoms with Gasteiger partial charge in [0.05, 0.1) is 24.3 Å². The van der Waals surface area contributed by atoms with Crippen LogP contribution in [0.4, 0.5) is 0 Å². The molecule has 0 fully saturated rings. The molecule has 0 saturated heterocycles. The van der Waals surface area contributed by atoms with E-state index in [4.69, 9.17) is 9.47 Å². The van der Waals surface area contributed by atoms with Crippen molar-refractivity contribution in [2.24, 2.45) is 0 Å². The minimum atomic E-state index is -0.573. The van der Waals surface area contributed by atoms with Crippen LogP contribution in [0, 0.1) is 0 Å². The van der Waals surface area contributed by atoms with Gasteiger partial charge in [-0.05, 0) is 31.5 Å². The van der Waals surface area contributed by atoms with Gasteiger partial charge in [0, 0.05) is 5.56 Å². The second kappa shape index (κ2) is 7.31. The zero-order valence-electron chi connectivity index (χ0n) is 11.0. The van der Waals surface area contributed by atoms with E-state index in [1.54, 1.807) is 6.92 Å². The third-order valence-electron chi connectivity index (χ3n) is 2.28. The first-order chi connectivity index (χ1) is 9.12. The molecule has 0 N–H and O–H groups in total. The van der Waals surface area contributed by atoms with Gasteiger partial charge < -0.3 is 9.47 Å². The number of ether oxygens (including phenoxy) is 2. The van der Waals surface area contributed by atoms with Crippen molar-refractivity contribution in [3.63, 3.8) is 0 Å². The van der Waals surface area contributed by atoms with E-state index in [0.717, 1.165) is 0 Å². The average molecular weight is 264 g/mol. The largest absolute Gasteiger partial charge is 0.462 e. The van der Waals surface area contributed by atoms with Crippen molar-refractivity contribution in [3.8, 4) is 0 Å². The van der Waals surface area contributed by atoms with Crippen molar-refractivity contribution in [2.45, 2.75) is 20.3 Å². The van der Waals surface area contributed by atoms with E-state index in [0.29, 0.717) is 19.3 Å². The number of aldehydes is 1. The first kappa shape index (κ1) is 14.9. The Bertz CT molecular complexity index is 479. The van der Waals surface area contributed by atoms with Crippen molar-refractivity contribution in [3.05, 3.63) is 34.9 Å². The van der Waals surface area contributed by atoms with Crippen LogP contribution in [0.15, 0.2) is 18.2 Å². The number of hydrogen-bond acceptors (Lipinski definition) is 5. The lowest BCUT2D eigenvalue weighted by Gasteiger charge is -2.07. The van der Waals surface area contributed by atoms with Crippen LogP contribution in [0.1, 0.15) is 51.3 Å². The third-order valence-corrected chi connectivity index (χ3v) is 2.28. The number of benzene rings is 1. The molecule has 0 amide bonds. The quantitative estimate of drug-likeness (QED) is 0.582. The fourth-order valence-corrected chi connectivity index (χ4v) is 1.45. The molecule has 19 heavy (non-hydrogen) atoms. The summed E-state index contributed by atoms with van der Waals surface area (Å²) in [5.41, 5.74) is 0.560. The number of esters is 2. The summed E-state index contributed by atoms with van der Waals surface area (Å²) >= 11 is 0. The van der Waals surface area contributed by atoms with Gasteiger partial charge in [0.2, 0.25) is 0 Å². The standard InChI is InChI=1S/C14H16O5/c1-3-5-19-14(17)12-7-10(9-15)6-11(8-12)13(16)18-4-2/h6-9H,3-5H2,1-2H3. The second-order valence-corrected chi connectivity index (χ2v) is 3.82. The summed E-state index contributed by atoms with van der Waals surface area (Å²) in [6, 6.07) is 4.12. The van der Waals surface area contributed by atoms with Crippen LogP contribution in [0.25, 0.3) is 0 Å². The molecular weight excluding hydrogens is 248 g/mol. The minimum absolute atomic E-state index is 0.162. The summed E-state index contributed by atoms with van der Waals surface area (Å²) in [6.07, 6.45) is 1.27. The number of carbonyl (C=O) groups excluding carboxylic acids is 3. The molecule has 5 heteroatoms. The number of carbonyl (C=O) groups is 3. The fraction of sp³-hybridized carbons (Fsp3) is 0.357. The number of hydrogen-bond donors (Lipinski definition) is 0. The van der Waals surface area contributed by atoms with Crippen LogP contribution in [-0.4, -0.2) is 31.4 Å². The average Bonchev–Trinajstić information content (AvgIpc) is 2.44. The van der Waals surface area contributed by atoms with Crippen LogP contribution >= 0.6 is 0 Å². The summed E-state index contributed by atoms with van der Waals surface area (Å²) in [5.74, 6) is -1.13. The highest BCUT2D eigenvalue weighted by Crippen LogP contribution is 2.12. The molecule has 0 aliphatic rings. The van der Waals surface area contributed by atoms with Gasteiger partial charge in [0.25, 0.3) is 0 Å². The topological polar surface area (TPSA) is 69.7 Å². The van der Waals surface area contributed by atoms with Gasteiger partial charge in [-0.25, -0.2) is 9.59 Å². The summed E-state index contributed by atoms with van der Waals surface area (Å²) in [4.78, 5) is 34.1. The molecule has 0 unspecified atom stereocenters. The Kier molecular flexibility index (Phi) is 5.73. The molecule has 1 rings (SSSR count). The Morgan fingerprint density at radius 3 is 2.11 bits per heavy atom. The Labute approximate surface area is 111 Å². The Morgan fingerprint density at radius 1 is 1.05 bits per heavy atom. The SMILES string of the molecule is CCCOC(=O)c1cc(C=O)cc(C(=O)OCC)c1. The normalized spacial score (nSPS) is 9.79. The zero-order chi connectivity index (χ0) is 14.3. The molecule has 1 aromatic rings. The van der Waals surface area contributed by atoms with E-state index in [9.17, 15) is 14.4 Å². The van der Waals surface area contributed by atoms with Gasteiger partial charge in [-0.15, -0.1) is 0 Å². The highest BCUT2D eigenvalue weighted by atomic mass is 16.5. The van der Waals surface area contributed by atoms with E-state index < -0.39 is 11.9 Å². The van der Waals surface area contributed by atoms with Gasteiger partial charge in [-0.2, -0.15) is 0 Å². The van der Waals surface area contributed by atoms with Crippen LogP contribution < -0.4 is 0 Å². The van der Waals surface area contributed by atoms with Crippen molar-refractivity contribution in [1.82, 2.24) is 0 Å². The maximum Gasteiger partial charge on any atom is 0.338 e. The molecule has 0 aliphatic carbocycles. The third kappa shape index (κ3) is 4.21. The van der Waals surface area contributed by atoms with Crippen LogP contribution in [0.5, 0.6) is 0 Å². The lowest BCUT2D eigenvalue weighted by atomic mass is 10.1. The van der Waals surface area contributed by atoms with E-state index in [1.165, 1.54) is 18.2 Å². The van der Waals surface area contributed by atoms with Crippen molar-refractivity contribution < 1.29 is 23.9 Å². The first-order valence-electron chi connectivity index (χ1n) is 6.06. The molecule has 1 aromatic carbocycles. The minimum Gasteiger partial charge on any atom is -0.462 e. The van der Waals surface area contributed by atoms with E-state index in [2.05, 4.69) is 0 Å². The molecule has 102 valence electrons. The fourth-order valence-electron chi connectivity index (χ4n) is 1.45. The summed E-state index contributed by atoms with van der Waals surface area (Å²) in [5, 5.41) is 0. The van der Waals surface area contributed by atoms with Gasteiger partial charge in [-0.1, -0.05) is 6.92 Å². The lowest BCUT2D eigenvalue weighted by molar-refractivity contribution is 0.0505. The number of rotatable bonds is 6. The predicted octanol–water partition coefficient (Wildman–Crippen LogP) is 2.24. The van der Waals surface area contributed by atoms with E-state index in [1.807, 2.05) is 6.92 Å². The summed E-state index contributed by atoms with van der Waals surface area (Å²) in [7, 11) is 0. The maximum atomic E-state index is 11.7. The van der Waals surface area contributed by atoms with Crippen molar-refractivity contribution in [2.75, 3.05) is 13.2 Å². The molecule has 5 nitrogen and oxygen atoms in total. The van der Waals surface area contributed by atoms with Crippen LogP contribution in [0.2, 0.25) is 0 Å². The molecule has 0 heterocycles. The Morgan fingerprint density at radius 2 is 1.63 bits per heavy atom. The van der Waals surface area contributed by atoms with Gasteiger partial charge >= 0.3 is 11.9 Å². The Balaban J connectivity index is 3.04. The van der Waals surface area contributed by atoms with Crippen molar-refractivity contribution in [1.29, 1.82) is 0 Å². The summed E-state index contributed by atoms with van der Waals surface area (Å²) < 4.78 is 9.80. The van der Waals surface area contributed by atoms with E-state index in [-0.39, 0.29) is 23.3 Å². The first-order valence-corrected chi connectivity index (χ1v) is 6.06. The van der Waals surface area contributed by atoms with Gasteiger partial charge in [0.15, 0.2) is 0 Å². The summed E-state index contributed by atoms with van der Waals surface area (Å²) in [6.45, 7) is 4.07. The van der Waals surface area contributed by atoms with Gasteiger partial charge in [0.1, 0.15) is 6.29 Å². The highest BCUT2D eigenvalue weighted by Gasteiger charge is 2.14. The predicted molar refractivity (Wildman–Crippen MR) is 68.4 cm³/mol. The smallest absolute Gasteiger partial charge is 0.338 e. The zero-order valence-corrected chi connectivity index (χ0v) is 11.0. The molecule has 0 atom stereocenters. The monoisotopic (exact) mass is 264 g/mol. The molecule has 0 radical (unpaired) electrons. The van der Waals surface area contributed by atoms with E-state index >= 15 is 0 Å². The molecule has 0 bridgehead atoms. The van der Waals surface area contributed by atoms with Crippen LogP contribution in [0.3, 0.4) is 0 Å². The Hall–Kier alpha value is -2.17. The maximum absolute atomic E-state index is 11.7. The molecular formula is C14H16O5.